The van der Waals surface area contributed by atoms with Crippen molar-refractivity contribution in [2.75, 3.05) is 39.3 Å². The standard InChI is InChI=1S/C27H39N5O3/c1-29-24-18-20(9-10-22(24)32(27(29)35)23-11-12-25(33)28-26(23)34)8-5-13-30-14-16-31(17-15-30)19-21-6-3-2-4-7-21/h9-10,18,21,23H,2-8,11-17,19H2,1H3,(H,28,33,34). The summed E-state index contributed by atoms with van der Waals surface area (Å²) in [6.45, 7) is 7.11. The molecule has 1 saturated carbocycles. The molecular weight excluding hydrogens is 442 g/mol. The first kappa shape index (κ1) is 24.3. The number of rotatable bonds is 7. The minimum atomic E-state index is -0.633. The number of amides is 2. The molecule has 8 heteroatoms. The van der Waals surface area contributed by atoms with Gasteiger partial charge in [-0.2, -0.15) is 0 Å². The Morgan fingerprint density at radius 3 is 2.40 bits per heavy atom. The number of hydrogen-bond donors (Lipinski definition) is 1. The van der Waals surface area contributed by atoms with Gasteiger partial charge in [0.25, 0.3) is 0 Å². The average Bonchev–Trinajstić information content (AvgIpc) is 3.10. The Morgan fingerprint density at radius 1 is 0.914 bits per heavy atom. The summed E-state index contributed by atoms with van der Waals surface area (Å²) in [5, 5.41) is 2.37. The van der Waals surface area contributed by atoms with Gasteiger partial charge in [0, 0.05) is 46.2 Å². The molecule has 0 radical (unpaired) electrons. The summed E-state index contributed by atoms with van der Waals surface area (Å²) in [6, 6.07) is 5.49. The fraction of sp³-hybridized carbons (Fsp3) is 0.667. The predicted octanol–water partition coefficient (Wildman–Crippen LogP) is 2.45. The highest BCUT2D eigenvalue weighted by molar-refractivity contribution is 6.00. The van der Waals surface area contributed by atoms with Crippen LogP contribution in [0.25, 0.3) is 11.0 Å². The largest absolute Gasteiger partial charge is 0.329 e. The third-order valence-electron chi connectivity index (χ3n) is 8.32. The van der Waals surface area contributed by atoms with E-state index in [-0.39, 0.29) is 18.0 Å². The number of fused-ring (bicyclic) bond motifs is 1. The number of aromatic nitrogens is 2. The first-order chi connectivity index (χ1) is 17.0. The predicted molar refractivity (Wildman–Crippen MR) is 136 cm³/mol. The maximum absolute atomic E-state index is 12.9. The summed E-state index contributed by atoms with van der Waals surface area (Å²) in [4.78, 5) is 42.1. The Balaban J connectivity index is 1.15. The van der Waals surface area contributed by atoms with Crippen LogP contribution in [-0.4, -0.2) is 70.0 Å². The van der Waals surface area contributed by atoms with E-state index in [0.29, 0.717) is 6.42 Å². The Labute approximate surface area is 207 Å². The van der Waals surface area contributed by atoms with Crippen LogP contribution in [0.4, 0.5) is 0 Å². The molecule has 1 aromatic carbocycles. The monoisotopic (exact) mass is 481 g/mol. The number of hydrogen-bond acceptors (Lipinski definition) is 5. The van der Waals surface area contributed by atoms with Gasteiger partial charge in [-0.1, -0.05) is 25.3 Å². The van der Waals surface area contributed by atoms with Crippen molar-refractivity contribution in [3.8, 4) is 0 Å². The van der Waals surface area contributed by atoms with E-state index in [1.807, 2.05) is 6.07 Å². The lowest BCUT2D eigenvalue weighted by Crippen LogP contribution is -2.48. The number of imidazole rings is 1. The van der Waals surface area contributed by atoms with E-state index in [4.69, 9.17) is 0 Å². The van der Waals surface area contributed by atoms with Gasteiger partial charge < -0.3 is 9.80 Å². The second-order valence-corrected chi connectivity index (χ2v) is 10.8. The van der Waals surface area contributed by atoms with E-state index in [0.717, 1.165) is 49.4 Å². The number of carbonyl (C=O) groups is 2. The summed E-state index contributed by atoms with van der Waals surface area (Å²) < 4.78 is 3.17. The third kappa shape index (κ3) is 5.38. The van der Waals surface area contributed by atoms with Crippen molar-refractivity contribution in [3.05, 3.63) is 34.2 Å². The van der Waals surface area contributed by atoms with Gasteiger partial charge in [0.05, 0.1) is 11.0 Å². The van der Waals surface area contributed by atoms with Crippen molar-refractivity contribution in [2.24, 2.45) is 13.0 Å². The molecule has 0 spiro atoms. The zero-order chi connectivity index (χ0) is 24.4. The van der Waals surface area contributed by atoms with Gasteiger partial charge in [-0.3, -0.25) is 24.0 Å². The summed E-state index contributed by atoms with van der Waals surface area (Å²) in [7, 11) is 1.75. The summed E-state index contributed by atoms with van der Waals surface area (Å²) in [6.07, 6.45) is 9.80. The van der Waals surface area contributed by atoms with Gasteiger partial charge in [0.2, 0.25) is 11.8 Å². The third-order valence-corrected chi connectivity index (χ3v) is 8.32. The van der Waals surface area contributed by atoms with E-state index in [1.165, 1.54) is 57.3 Å². The summed E-state index contributed by atoms with van der Waals surface area (Å²) in [5.74, 6) is 0.261. The molecule has 1 aromatic heterocycles. The zero-order valence-electron chi connectivity index (χ0n) is 21.0. The molecule has 3 fully saturated rings. The smallest absolute Gasteiger partial charge is 0.301 e. The Morgan fingerprint density at radius 2 is 1.66 bits per heavy atom. The zero-order valence-corrected chi connectivity index (χ0v) is 21.0. The highest BCUT2D eigenvalue weighted by Crippen LogP contribution is 2.26. The van der Waals surface area contributed by atoms with E-state index >= 15 is 0 Å². The molecule has 0 bridgehead atoms. The highest BCUT2D eigenvalue weighted by atomic mass is 16.2. The van der Waals surface area contributed by atoms with Crippen molar-refractivity contribution in [3.63, 3.8) is 0 Å². The van der Waals surface area contributed by atoms with Crippen LogP contribution in [0.3, 0.4) is 0 Å². The number of piperazine rings is 1. The second-order valence-electron chi connectivity index (χ2n) is 10.8. The maximum Gasteiger partial charge on any atom is 0.329 e. The first-order valence-corrected chi connectivity index (χ1v) is 13.5. The molecule has 190 valence electrons. The van der Waals surface area contributed by atoms with Gasteiger partial charge in [-0.15, -0.1) is 0 Å². The Kier molecular flexibility index (Phi) is 7.39. The molecule has 1 unspecified atom stereocenters. The van der Waals surface area contributed by atoms with E-state index < -0.39 is 11.9 Å². The normalized spacial score (nSPS) is 23.2. The fourth-order valence-electron chi connectivity index (χ4n) is 6.23. The topological polar surface area (TPSA) is 79.6 Å². The number of piperidine rings is 1. The highest BCUT2D eigenvalue weighted by Gasteiger charge is 2.31. The van der Waals surface area contributed by atoms with E-state index in [2.05, 4.69) is 27.2 Å². The van der Waals surface area contributed by atoms with E-state index in [9.17, 15) is 14.4 Å². The van der Waals surface area contributed by atoms with Crippen molar-refractivity contribution in [1.82, 2.24) is 24.3 Å². The number of imide groups is 1. The number of aryl methyl sites for hydroxylation is 2. The lowest BCUT2D eigenvalue weighted by atomic mass is 9.89. The van der Waals surface area contributed by atoms with Gasteiger partial charge in [0.1, 0.15) is 6.04 Å². The molecule has 1 N–H and O–H groups in total. The molecule has 3 aliphatic rings. The van der Waals surface area contributed by atoms with Crippen molar-refractivity contribution in [1.29, 1.82) is 0 Å². The van der Waals surface area contributed by atoms with Crippen LogP contribution < -0.4 is 11.0 Å². The Bertz CT molecular complexity index is 1120. The van der Waals surface area contributed by atoms with Gasteiger partial charge in [-0.05, 0) is 62.3 Å². The molecule has 2 aliphatic heterocycles. The van der Waals surface area contributed by atoms with Crippen LogP contribution in [0.15, 0.2) is 23.0 Å². The minimum absolute atomic E-state index is 0.210. The van der Waals surface area contributed by atoms with Crippen molar-refractivity contribution < 1.29 is 9.59 Å². The quantitative estimate of drug-likeness (QED) is 0.615. The van der Waals surface area contributed by atoms with Crippen LogP contribution >= 0.6 is 0 Å². The lowest BCUT2D eigenvalue weighted by Gasteiger charge is -2.37. The van der Waals surface area contributed by atoms with Crippen LogP contribution in [0.1, 0.15) is 63.0 Å². The molecule has 1 aliphatic carbocycles. The van der Waals surface area contributed by atoms with Gasteiger partial charge >= 0.3 is 5.69 Å². The Hall–Kier alpha value is -2.45. The maximum atomic E-state index is 12.9. The molecule has 3 heterocycles. The number of carbonyl (C=O) groups excluding carboxylic acids is 2. The molecule has 2 saturated heterocycles. The molecule has 8 nitrogen and oxygen atoms in total. The summed E-state index contributed by atoms with van der Waals surface area (Å²) in [5.41, 5.74) is 2.60. The van der Waals surface area contributed by atoms with Crippen molar-refractivity contribution >= 4 is 22.8 Å². The van der Waals surface area contributed by atoms with E-state index in [1.54, 1.807) is 16.2 Å². The lowest BCUT2D eigenvalue weighted by molar-refractivity contribution is -0.135. The SMILES string of the molecule is Cn1c(=O)n(C2CCC(=O)NC2=O)c2ccc(CCCN3CCN(CC4CCCCC4)CC3)cc21. The number of benzene rings is 1. The van der Waals surface area contributed by atoms with Crippen LogP contribution in [-0.2, 0) is 23.1 Å². The van der Waals surface area contributed by atoms with Crippen LogP contribution in [0.5, 0.6) is 0 Å². The first-order valence-electron chi connectivity index (χ1n) is 13.5. The van der Waals surface area contributed by atoms with Gasteiger partial charge in [0.15, 0.2) is 0 Å². The number of nitrogens with one attached hydrogen (secondary N) is 1. The molecule has 5 rings (SSSR count). The van der Waals surface area contributed by atoms with Crippen LogP contribution in [0.2, 0.25) is 0 Å². The average molecular weight is 482 g/mol. The molecule has 2 aromatic rings. The van der Waals surface area contributed by atoms with Crippen molar-refractivity contribution in [2.45, 2.75) is 63.8 Å². The number of nitrogens with zero attached hydrogens (tertiary/aromatic N) is 4. The molecule has 1 atom stereocenters. The second kappa shape index (κ2) is 10.7. The minimum Gasteiger partial charge on any atom is -0.301 e. The fourth-order valence-corrected chi connectivity index (χ4v) is 6.23. The molecule has 2 amide bonds. The van der Waals surface area contributed by atoms with Crippen LogP contribution in [0, 0.1) is 5.92 Å². The van der Waals surface area contributed by atoms with Gasteiger partial charge in [-0.25, -0.2) is 4.79 Å². The molecular formula is C27H39N5O3. The molecule has 35 heavy (non-hydrogen) atoms. The summed E-state index contributed by atoms with van der Waals surface area (Å²) >= 11 is 0.